The lowest BCUT2D eigenvalue weighted by Gasteiger charge is -2.22. The first kappa shape index (κ1) is 16.5. The molecule has 0 spiro atoms. The molecule has 0 bridgehead atoms. The molecule has 0 aliphatic carbocycles. The normalized spacial score (nSPS) is 12.4. The number of benzene rings is 2. The molecule has 0 heterocycles. The van der Waals surface area contributed by atoms with E-state index in [0.717, 1.165) is 19.4 Å². The standard InChI is InChI=1S/C19H24IN/c1-4-12-21-19(16-10-5-6-11-18(16)20)13-17-14(2)8-7-9-15(17)3/h5-11,19,21H,4,12-13H2,1-3H3. The first-order chi connectivity index (χ1) is 10.1. The van der Waals surface area contributed by atoms with E-state index < -0.39 is 0 Å². The van der Waals surface area contributed by atoms with Crippen LogP contribution in [0.2, 0.25) is 0 Å². The van der Waals surface area contributed by atoms with Gasteiger partial charge in [0.2, 0.25) is 0 Å². The fourth-order valence-corrected chi connectivity index (χ4v) is 3.51. The topological polar surface area (TPSA) is 12.0 Å². The van der Waals surface area contributed by atoms with E-state index in [1.165, 1.54) is 25.8 Å². The molecule has 0 aliphatic heterocycles. The van der Waals surface area contributed by atoms with Crippen molar-refractivity contribution in [2.45, 2.75) is 39.7 Å². The van der Waals surface area contributed by atoms with Gasteiger partial charge in [0.15, 0.2) is 0 Å². The molecule has 0 aromatic heterocycles. The van der Waals surface area contributed by atoms with Crippen molar-refractivity contribution in [3.63, 3.8) is 0 Å². The van der Waals surface area contributed by atoms with E-state index in [1.807, 2.05) is 0 Å². The summed E-state index contributed by atoms with van der Waals surface area (Å²) in [6.07, 6.45) is 2.21. The minimum atomic E-state index is 0.387. The summed E-state index contributed by atoms with van der Waals surface area (Å²) < 4.78 is 1.34. The molecule has 2 aromatic carbocycles. The summed E-state index contributed by atoms with van der Waals surface area (Å²) in [5, 5.41) is 3.72. The van der Waals surface area contributed by atoms with Crippen LogP contribution in [0, 0.1) is 17.4 Å². The zero-order valence-electron chi connectivity index (χ0n) is 13.1. The van der Waals surface area contributed by atoms with E-state index in [9.17, 15) is 0 Å². The first-order valence-electron chi connectivity index (χ1n) is 7.66. The fraction of sp³-hybridized carbons (Fsp3) is 0.368. The van der Waals surface area contributed by atoms with Gasteiger partial charge < -0.3 is 5.32 Å². The Balaban J connectivity index is 2.31. The van der Waals surface area contributed by atoms with Gasteiger partial charge in [-0.25, -0.2) is 0 Å². The highest BCUT2D eigenvalue weighted by atomic mass is 127. The van der Waals surface area contributed by atoms with Crippen molar-refractivity contribution in [1.29, 1.82) is 0 Å². The Morgan fingerprint density at radius 2 is 1.67 bits per heavy atom. The molecule has 0 amide bonds. The van der Waals surface area contributed by atoms with Crippen LogP contribution in [-0.4, -0.2) is 6.54 Å². The molecule has 112 valence electrons. The summed E-state index contributed by atoms with van der Waals surface area (Å²) in [6, 6.07) is 15.7. The molecule has 0 saturated heterocycles. The summed E-state index contributed by atoms with van der Waals surface area (Å²) in [5.74, 6) is 0. The molecule has 0 radical (unpaired) electrons. The predicted octanol–water partition coefficient (Wildman–Crippen LogP) is 5.19. The van der Waals surface area contributed by atoms with Crippen LogP contribution in [-0.2, 0) is 6.42 Å². The SMILES string of the molecule is CCCNC(Cc1c(C)cccc1C)c1ccccc1I. The molecule has 2 rings (SSSR count). The minimum absolute atomic E-state index is 0.387. The van der Waals surface area contributed by atoms with Crippen LogP contribution < -0.4 is 5.32 Å². The summed E-state index contributed by atoms with van der Waals surface area (Å²) in [5.41, 5.74) is 5.67. The third kappa shape index (κ3) is 4.30. The van der Waals surface area contributed by atoms with Gasteiger partial charge in [0.1, 0.15) is 0 Å². The smallest absolute Gasteiger partial charge is 0.0371 e. The maximum Gasteiger partial charge on any atom is 0.0371 e. The lowest BCUT2D eigenvalue weighted by molar-refractivity contribution is 0.525. The van der Waals surface area contributed by atoms with Crippen molar-refractivity contribution in [3.05, 3.63) is 68.3 Å². The first-order valence-corrected chi connectivity index (χ1v) is 8.74. The number of nitrogens with one attached hydrogen (secondary N) is 1. The van der Waals surface area contributed by atoms with Crippen LogP contribution in [0.4, 0.5) is 0 Å². The molecule has 1 nitrogen and oxygen atoms in total. The monoisotopic (exact) mass is 393 g/mol. The maximum absolute atomic E-state index is 3.72. The second-order valence-corrected chi connectivity index (χ2v) is 6.76. The Morgan fingerprint density at radius 1 is 1.00 bits per heavy atom. The van der Waals surface area contributed by atoms with E-state index in [2.05, 4.69) is 91.1 Å². The highest BCUT2D eigenvalue weighted by molar-refractivity contribution is 14.1. The van der Waals surface area contributed by atoms with Crippen LogP contribution in [0.3, 0.4) is 0 Å². The predicted molar refractivity (Wildman–Crippen MR) is 99.8 cm³/mol. The third-order valence-corrected chi connectivity index (χ3v) is 4.96. The van der Waals surface area contributed by atoms with E-state index in [1.54, 1.807) is 0 Å². The van der Waals surface area contributed by atoms with E-state index in [4.69, 9.17) is 0 Å². The van der Waals surface area contributed by atoms with Crippen molar-refractivity contribution in [2.24, 2.45) is 0 Å². The quantitative estimate of drug-likeness (QED) is 0.666. The Morgan fingerprint density at radius 3 is 2.29 bits per heavy atom. The van der Waals surface area contributed by atoms with Gasteiger partial charge >= 0.3 is 0 Å². The van der Waals surface area contributed by atoms with Crippen LogP contribution >= 0.6 is 22.6 Å². The van der Waals surface area contributed by atoms with Gasteiger partial charge in [-0.05, 0) is 84.1 Å². The van der Waals surface area contributed by atoms with Gasteiger partial charge in [0, 0.05) is 9.61 Å². The largest absolute Gasteiger partial charge is 0.310 e. The Labute approximate surface area is 142 Å². The Bertz CT molecular complexity index is 572. The number of rotatable bonds is 6. The maximum atomic E-state index is 3.72. The molecular formula is C19H24IN. The highest BCUT2D eigenvalue weighted by Crippen LogP contribution is 2.26. The van der Waals surface area contributed by atoms with Gasteiger partial charge in [-0.15, -0.1) is 0 Å². The zero-order chi connectivity index (χ0) is 15.2. The van der Waals surface area contributed by atoms with Gasteiger partial charge in [-0.2, -0.15) is 0 Å². The minimum Gasteiger partial charge on any atom is -0.310 e. The molecule has 1 N–H and O–H groups in total. The van der Waals surface area contributed by atoms with Crippen molar-refractivity contribution >= 4 is 22.6 Å². The van der Waals surface area contributed by atoms with Crippen molar-refractivity contribution < 1.29 is 0 Å². The van der Waals surface area contributed by atoms with Crippen LogP contribution in [0.15, 0.2) is 42.5 Å². The average Bonchev–Trinajstić information content (AvgIpc) is 2.47. The van der Waals surface area contributed by atoms with Crippen LogP contribution in [0.25, 0.3) is 0 Å². The number of hydrogen-bond acceptors (Lipinski definition) is 1. The molecule has 0 aliphatic rings. The van der Waals surface area contributed by atoms with E-state index in [0.29, 0.717) is 6.04 Å². The molecule has 0 saturated carbocycles. The van der Waals surface area contributed by atoms with Gasteiger partial charge in [0.25, 0.3) is 0 Å². The number of hydrogen-bond donors (Lipinski definition) is 1. The molecule has 1 atom stereocenters. The second kappa shape index (κ2) is 7.95. The van der Waals surface area contributed by atoms with Crippen molar-refractivity contribution in [2.75, 3.05) is 6.54 Å². The molecule has 21 heavy (non-hydrogen) atoms. The van der Waals surface area contributed by atoms with Crippen molar-refractivity contribution in [3.8, 4) is 0 Å². The molecule has 2 aromatic rings. The highest BCUT2D eigenvalue weighted by Gasteiger charge is 2.16. The lowest BCUT2D eigenvalue weighted by Crippen LogP contribution is -2.25. The van der Waals surface area contributed by atoms with Gasteiger partial charge in [0.05, 0.1) is 0 Å². The van der Waals surface area contributed by atoms with Gasteiger partial charge in [-0.1, -0.05) is 43.3 Å². The fourth-order valence-electron chi connectivity index (χ4n) is 2.74. The molecule has 0 fully saturated rings. The summed E-state index contributed by atoms with van der Waals surface area (Å²) >= 11 is 2.45. The van der Waals surface area contributed by atoms with E-state index >= 15 is 0 Å². The van der Waals surface area contributed by atoms with Gasteiger partial charge in [-0.3, -0.25) is 0 Å². The van der Waals surface area contributed by atoms with Crippen molar-refractivity contribution in [1.82, 2.24) is 5.32 Å². The second-order valence-electron chi connectivity index (χ2n) is 5.60. The molecular weight excluding hydrogens is 369 g/mol. The van der Waals surface area contributed by atoms with Crippen LogP contribution in [0.1, 0.15) is 41.6 Å². The third-order valence-electron chi connectivity index (χ3n) is 3.97. The summed E-state index contributed by atoms with van der Waals surface area (Å²) in [6.45, 7) is 7.71. The summed E-state index contributed by atoms with van der Waals surface area (Å²) in [4.78, 5) is 0. The lowest BCUT2D eigenvalue weighted by atomic mass is 9.93. The number of aryl methyl sites for hydroxylation is 2. The van der Waals surface area contributed by atoms with Crippen LogP contribution in [0.5, 0.6) is 0 Å². The average molecular weight is 393 g/mol. The van der Waals surface area contributed by atoms with E-state index in [-0.39, 0.29) is 0 Å². The Kier molecular flexibility index (Phi) is 6.24. The molecule has 1 unspecified atom stereocenters. The number of halogens is 1. The Hall–Kier alpha value is -0.870. The molecule has 2 heteroatoms. The zero-order valence-corrected chi connectivity index (χ0v) is 15.3. The summed E-state index contributed by atoms with van der Waals surface area (Å²) in [7, 11) is 0.